The molecule has 24 nitrogen and oxygen atoms in total. The molecule has 8 heterocycles. The van der Waals surface area contributed by atoms with Gasteiger partial charge in [-0.05, 0) is 186 Å². The Morgan fingerprint density at radius 3 is 1.01 bits per heavy atom. The van der Waals surface area contributed by atoms with E-state index < -0.39 is 20.4 Å². The van der Waals surface area contributed by atoms with Crippen LogP contribution in [-0.2, 0) is 230 Å². The Morgan fingerprint density at radius 1 is 0.450 bits per heavy atom. The summed E-state index contributed by atoms with van der Waals surface area (Å²) in [6, 6.07) is 83.2. The number of carbonyl (C=O) groups excluding carboxylic acids is 2. The maximum atomic E-state index is 12.2. The van der Waals surface area contributed by atoms with E-state index in [0.29, 0.717) is 88.4 Å². The van der Waals surface area contributed by atoms with E-state index in [1.807, 2.05) is 183 Å². The fourth-order valence-electron chi connectivity index (χ4n) is 13.4. The molecule has 1 atom stereocenters. The molecule has 8 aliphatic heterocycles. The molecule has 0 spiro atoms. The molecule has 0 saturated heterocycles. The minimum absolute atomic E-state index is 0. The Morgan fingerprint density at radius 2 is 0.714 bits per heavy atom. The summed E-state index contributed by atoms with van der Waals surface area (Å²) in [7, 11) is 19.9. The molecule has 0 aromatic heterocycles. The van der Waals surface area contributed by atoms with Crippen molar-refractivity contribution in [1.29, 1.82) is 0 Å². The van der Waals surface area contributed by atoms with Gasteiger partial charge in [-0.2, -0.15) is 91.0 Å². The summed E-state index contributed by atoms with van der Waals surface area (Å²) in [6.45, 7) is 27.8. The first kappa shape index (κ1) is 136. The average Bonchev–Trinajstić information content (AvgIpc) is 1.55. The van der Waals surface area contributed by atoms with Gasteiger partial charge < -0.3 is 121 Å². The minimum Gasteiger partial charge on any atom is -0.870 e. The van der Waals surface area contributed by atoms with Crippen molar-refractivity contribution >= 4 is 79.0 Å². The molecule has 0 bridgehead atoms. The second-order valence-corrected chi connectivity index (χ2v) is 36.5. The molecular formula is C108H128Cl2N7O17SY5-11. The number of ketones is 2. The molecule has 10 aromatic rings. The van der Waals surface area contributed by atoms with Crippen LogP contribution < -0.4 is 29.4 Å². The van der Waals surface area contributed by atoms with Crippen molar-refractivity contribution in [2.45, 2.75) is 156 Å². The van der Waals surface area contributed by atoms with Gasteiger partial charge in [0, 0.05) is 243 Å². The van der Waals surface area contributed by atoms with Crippen molar-refractivity contribution in [3.8, 4) is 28.7 Å². The second-order valence-electron chi connectivity index (χ2n) is 34.0. The summed E-state index contributed by atoms with van der Waals surface area (Å²) < 4.78 is 52.4. The molecule has 8 aliphatic rings. The molecule has 1 unspecified atom stereocenters. The number of halogens is 2. The average molecular weight is 2340 g/mol. The quantitative estimate of drug-likeness (QED) is 0.0690. The first-order chi connectivity index (χ1) is 63.2. The molecule has 10 aromatic carbocycles. The molecule has 0 fully saturated rings. The van der Waals surface area contributed by atoms with Crippen molar-refractivity contribution in [2.24, 2.45) is 20.7 Å². The predicted molar refractivity (Wildman–Crippen MR) is 538 cm³/mol. The van der Waals surface area contributed by atoms with Crippen molar-refractivity contribution in [3.05, 3.63) is 346 Å². The Kier molecular flexibility index (Phi) is 68.5. The number of nitrogens with two attached hydrogens (primary N) is 1. The van der Waals surface area contributed by atoms with Gasteiger partial charge in [0.05, 0.1) is 48.6 Å². The van der Waals surface area contributed by atoms with E-state index in [0.717, 1.165) is 106 Å². The monoisotopic (exact) mass is 2340 g/mol. The predicted octanol–water partition coefficient (Wildman–Crippen LogP) is 18.6. The maximum absolute atomic E-state index is 12.2. The number of rotatable bonds is 11. The largest absolute Gasteiger partial charge is 0.870 e. The zero-order valence-electron chi connectivity index (χ0n) is 83.2. The van der Waals surface area contributed by atoms with E-state index in [4.69, 9.17) is 62.8 Å². The molecule has 0 aliphatic carbocycles. The third kappa shape index (κ3) is 45.9. The van der Waals surface area contributed by atoms with Crippen molar-refractivity contribution in [2.75, 3.05) is 88.3 Å². The molecule has 32 heteroatoms. The van der Waals surface area contributed by atoms with Crippen molar-refractivity contribution in [1.82, 2.24) is 14.7 Å². The van der Waals surface area contributed by atoms with E-state index in [-0.39, 0.29) is 217 Å². The maximum Gasteiger partial charge on any atom is 0.211 e. The summed E-state index contributed by atoms with van der Waals surface area (Å²) in [4.78, 5) is 50.9. The number of hydrogen-bond acceptors (Lipinski definition) is 22. The van der Waals surface area contributed by atoms with Crippen LogP contribution in [0.15, 0.2) is 239 Å². The zero-order valence-corrected chi connectivity index (χ0v) is 99.7. The summed E-state index contributed by atoms with van der Waals surface area (Å²) in [5.41, 5.74) is 21.0. The number of carbonyl (C=O) groups is 2. The van der Waals surface area contributed by atoms with Gasteiger partial charge in [0.2, 0.25) is 9.23 Å². The van der Waals surface area contributed by atoms with Crippen molar-refractivity contribution < 1.29 is 246 Å². The fourth-order valence-corrected chi connectivity index (χ4v) is 13.4. The number of ether oxygens (including phenoxy) is 8. The zero-order chi connectivity index (χ0) is 96.3. The van der Waals surface area contributed by atoms with Gasteiger partial charge in [-0.25, -0.2) is 23.4 Å². The van der Waals surface area contributed by atoms with Gasteiger partial charge in [-0.1, -0.05) is 182 Å². The Bertz CT molecular complexity index is 4980. The molecule has 0 saturated carbocycles. The van der Waals surface area contributed by atoms with Gasteiger partial charge >= 0.3 is 0 Å². The van der Waals surface area contributed by atoms with E-state index in [2.05, 4.69) is 204 Å². The van der Waals surface area contributed by atoms with Gasteiger partial charge in [-0.15, -0.1) is 30.3 Å². The van der Waals surface area contributed by atoms with Crippen LogP contribution in [0.25, 0.3) is 11.1 Å². The summed E-state index contributed by atoms with van der Waals surface area (Å²) in [5.74, 6) is 3.95. The molecule has 140 heavy (non-hydrogen) atoms. The molecule has 743 valence electrons. The SMILES string of the molecule is CC.CC(C)(N)CO.CC1(C)CO[C-]=N1.CC1(C)CO[C-]=N1.CC1(C)CO[C-]=N1.CN(C)CCC=C1c2ccccc2COc2cc[c-]cc21.CN(C)CCC=C1c2ccccc2COc2cc[c-]cc21.CN(C)CCCC1(O)c2ccccc2COc2cc[c-]cc21.O.O=C1c2ccccc2COc2cc[c-]cc21.O=C1c2ccccc2COc2cc[c-]cc21.O=S(Cl)Cl.O=[C-]O.[CH3-].[OH-].[Y].[Y].[Y].[Y].[Y]. The molecular weight excluding hydrogens is 2210 g/mol. The topological polar surface area (TPSA) is 337 Å². The standard InChI is InChI=1S/C19H22NO2.2C19H20NO.2C14H9O2.3C5H8NO.C4H11NO.C2H6.CHO2.CH3.Cl2OS.2H2O.5Y/c1-20(2)13-7-12-19(21)16-9-4-3-8-15(16)14-22-18-11-6-5-10-17(18)19;2*1-20(2)13-7-11-17-16-9-4-3-8-15(16)14-21-19-12-6-5-10-18(17)19;2*15-14-11-6-2-1-5-10(11)9-16-13-8-4-3-7-12(13)14;3*1-5(2)3-7-4-6-5;1-4(2,5)3-6;1-2;2-1-3;;1-4(2)3;;;;;;;/h3-4,6,8-11,21H,7,12-14H2,1-2H3;2*3-4,6,8-12H,7,13-14H2,1-2H3;2*1-2,4-8H,9H2;3*3H2,1-2H3;6H,3,5H2,1-2H3;1-2H3;(H,2,3);1H3;;2*1H2;;;;;/q8*-1;;;2*-1;;;;;;;;/p-1. The number of nitrogens with zero attached hydrogens (tertiary/aromatic N) is 6. The van der Waals surface area contributed by atoms with Gasteiger partial charge in [0.25, 0.3) is 0 Å². The summed E-state index contributed by atoms with van der Waals surface area (Å²) >= 11 is 0. The number of aliphatic imine (C=N–C) groups is 3. The van der Waals surface area contributed by atoms with E-state index >= 15 is 0 Å². The number of fused-ring (bicyclic) bond motifs is 10. The first-order valence-electron chi connectivity index (χ1n) is 43.3. The van der Waals surface area contributed by atoms with Gasteiger partial charge in [0.1, 0.15) is 44.6 Å². The van der Waals surface area contributed by atoms with Crippen molar-refractivity contribution in [3.63, 3.8) is 0 Å². The third-order valence-corrected chi connectivity index (χ3v) is 20.1. The van der Waals surface area contributed by atoms with E-state index in [9.17, 15) is 14.7 Å². The smallest absolute Gasteiger partial charge is 0.211 e. The number of aliphatic hydroxyl groups excluding tert-OH is 2. The van der Waals surface area contributed by atoms with Crippen LogP contribution in [0.1, 0.15) is 188 Å². The Hall–Kier alpha value is -6.17. The van der Waals surface area contributed by atoms with Crippen LogP contribution in [-0.4, -0.2) is 193 Å². The Balaban J connectivity index is 0. The molecule has 8 N–H and O–H groups in total. The normalized spacial score (nSPS) is 15.4. The number of aliphatic hydroxyl groups is 2. The summed E-state index contributed by atoms with van der Waals surface area (Å²) in [5, 5.41) is 26.6. The van der Waals surface area contributed by atoms with E-state index in [1.165, 1.54) is 33.4 Å². The van der Waals surface area contributed by atoms with Crippen LogP contribution in [0.3, 0.4) is 0 Å². The van der Waals surface area contributed by atoms with Crippen LogP contribution in [0, 0.1) is 37.8 Å². The molecule has 5 radical (unpaired) electrons. The fraction of sp³-hybridized carbons (Fsp3) is 0.343. The van der Waals surface area contributed by atoms with Crippen LogP contribution in [0.5, 0.6) is 28.7 Å². The molecule has 0 amide bonds. The van der Waals surface area contributed by atoms with Crippen LogP contribution in [0.4, 0.5) is 0 Å². The number of hydrogen-bond donors (Lipinski definition) is 4. The summed E-state index contributed by atoms with van der Waals surface area (Å²) in [6.07, 6.45) is 15.6. The minimum atomic E-state index is -1.67. The Labute approximate surface area is 967 Å². The third-order valence-electron chi connectivity index (χ3n) is 20.1. The van der Waals surface area contributed by atoms with Gasteiger partial charge in [0.15, 0.2) is 0 Å². The van der Waals surface area contributed by atoms with E-state index in [1.54, 1.807) is 50.2 Å². The van der Waals surface area contributed by atoms with Crippen LogP contribution in [0.2, 0.25) is 0 Å². The molecule has 18 rings (SSSR count). The number of benzene rings is 10. The van der Waals surface area contributed by atoms with Crippen LogP contribution >= 0.6 is 21.4 Å². The van der Waals surface area contributed by atoms with Gasteiger partial charge in [-0.3, -0.25) is 0 Å². The second kappa shape index (κ2) is 70.6. The first-order valence-corrected chi connectivity index (χ1v) is 46.1.